The molecule has 2 aromatic carbocycles. The average molecular weight is 456 g/mol. The van der Waals surface area contributed by atoms with Gasteiger partial charge in [-0.1, -0.05) is 12.1 Å². The van der Waals surface area contributed by atoms with Gasteiger partial charge >= 0.3 is 0 Å². The van der Waals surface area contributed by atoms with Crippen LogP contribution in [0, 0.1) is 5.92 Å². The predicted molar refractivity (Wildman–Crippen MR) is 120 cm³/mol. The fraction of sp³-hybridized carbons (Fsp3) is 0.304. The van der Waals surface area contributed by atoms with Gasteiger partial charge in [-0.2, -0.15) is 5.10 Å². The molecule has 0 aliphatic heterocycles. The van der Waals surface area contributed by atoms with Gasteiger partial charge in [0, 0.05) is 36.7 Å². The van der Waals surface area contributed by atoms with E-state index in [0.717, 1.165) is 17.4 Å². The molecule has 0 bridgehead atoms. The molecule has 9 heteroatoms. The van der Waals surface area contributed by atoms with Crippen LogP contribution in [0.3, 0.4) is 0 Å². The zero-order valence-corrected chi connectivity index (χ0v) is 18.9. The van der Waals surface area contributed by atoms with Gasteiger partial charge in [0.15, 0.2) is 21.3 Å². The van der Waals surface area contributed by atoms with Crippen molar-refractivity contribution in [1.82, 2.24) is 9.78 Å². The quantitative estimate of drug-likeness (QED) is 0.560. The van der Waals surface area contributed by atoms with Crippen LogP contribution in [0.5, 0.6) is 11.5 Å². The SMILES string of the molecule is COc1ccc(C2CC2C(=O)Nc2cccc(S(C)(=O)=O)c2)cc1OCc1cnn(C)c1. The number of ether oxygens (including phenoxy) is 2. The van der Waals surface area contributed by atoms with Gasteiger partial charge in [0.1, 0.15) is 6.61 Å². The van der Waals surface area contributed by atoms with Crippen molar-refractivity contribution in [1.29, 1.82) is 0 Å². The number of aromatic nitrogens is 2. The van der Waals surface area contributed by atoms with E-state index in [4.69, 9.17) is 9.47 Å². The molecule has 1 fully saturated rings. The molecule has 0 radical (unpaired) electrons. The maximum Gasteiger partial charge on any atom is 0.228 e. The van der Waals surface area contributed by atoms with E-state index in [-0.39, 0.29) is 22.6 Å². The largest absolute Gasteiger partial charge is 0.493 e. The molecule has 1 heterocycles. The van der Waals surface area contributed by atoms with Gasteiger partial charge in [0.05, 0.1) is 18.2 Å². The highest BCUT2D eigenvalue weighted by Crippen LogP contribution is 2.49. The van der Waals surface area contributed by atoms with Crippen LogP contribution in [0.1, 0.15) is 23.5 Å². The van der Waals surface area contributed by atoms with Gasteiger partial charge in [-0.15, -0.1) is 0 Å². The third kappa shape index (κ3) is 4.94. The van der Waals surface area contributed by atoms with E-state index in [2.05, 4.69) is 10.4 Å². The molecule has 0 spiro atoms. The number of nitrogens with zero attached hydrogens (tertiary/aromatic N) is 2. The Morgan fingerprint density at radius 2 is 2.03 bits per heavy atom. The number of sulfone groups is 1. The molecule has 1 amide bonds. The molecule has 168 valence electrons. The Balaban J connectivity index is 1.43. The van der Waals surface area contributed by atoms with Gasteiger partial charge in [-0.3, -0.25) is 9.48 Å². The minimum atomic E-state index is -3.34. The van der Waals surface area contributed by atoms with Crippen molar-refractivity contribution in [3.05, 3.63) is 66.0 Å². The molecule has 2 atom stereocenters. The van der Waals surface area contributed by atoms with Crippen LogP contribution in [0.2, 0.25) is 0 Å². The second kappa shape index (κ2) is 8.66. The number of benzene rings is 2. The molecule has 32 heavy (non-hydrogen) atoms. The minimum absolute atomic E-state index is 0.0692. The normalized spacial score (nSPS) is 17.6. The Kier molecular flexibility index (Phi) is 5.92. The molecule has 1 aliphatic carbocycles. The van der Waals surface area contributed by atoms with Crippen molar-refractivity contribution in [2.24, 2.45) is 13.0 Å². The van der Waals surface area contributed by atoms with Gasteiger partial charge in [0.2, 0.25) is 5.91 Å². The molecule has 8 nitrogen and oxygen atoms in total. The number of rotatable bonds is 8. The highest BCUT2D eigenvalue weighted by atomic mass is 32.2. The van der Waals surface area contributed by atoms with Crippen LogP contribution >= 0.6 is 0 Å². The summed E-state index contributed by atoms with van der Waals surface area (Å²) >= 11 is 0. The van der Waals surface area contributed by atoms with Gasteiger partial charge < -0.3 is 14.8 Å². The number of amides is 1. The maximum atomic E-state index is 12.7. The first-order chi connectivity index (χ1) is 15.2. The van der Waals surface area contributed by atoms with Gasteiger partial charge in [-0.05, 0) is 48.2 Å². The fourth-order valence-electron chi connectivity index (χ4n) is 3.64. The first-order valence-electron chi connectivity index (χ1n) is 10.1. The predicted octanol–water partition coefficient (Wildman–Crippen LogP) is 3.15. The monoisotopic (exact) mass is 455 g/mol. The standard InChI is InChI=1S/C23H25N3O5S/c1-26-13-15(12-24-26)14-31-22-9-16(7-8-21(22)30-2)19-11-20(19)23(27)25-17-5-4-6-18(10-17)32(3,28)29/h4-10,12-13,19-20H,11,14H2,1-3H3,(H,25,27). The smallest absolute Gasteiger partial charge is 0.228 e. The van der Waals surface area contributed by atoms with E-state index < -0.39 is 9.84 Å². The summed E-state index contributed by atoms with van der Waals surface area (Å²) in [5.74, 6) is 0.989. The third-order valence-electron chi connectivity index (χ3n) is 5.43. The molecule has 4 rings (SSSR count). The second-order valence-electron chi connectivity index (χ2n) is 7.96. The van der Waals surface area contributed by atoms with E-state index in [1.54, 1.807) is 30.1 Å². The third-order valence-corrected chi connectivity index (χ3v) is 6.54. The summed E-state index contributed by atoms with van der Waals surface area (Å²) in [5.41, 5.74) is 2.41. The molecular weight excluding hydrogens is 430 g/mol. The fourth-order valence-corrected chi connectivity index (χ4v) is 4.30. The minimum Gasteiger partial charge on any atom is -0.493 e. The lowest BCUT2D eigenvalue weighted by Gasteiger charge is -2.12. The Labute approximate surface area is 187 Å². The number of carbonyl (C=O) groups excluding carboxylic acids is 1. The summed E-state index contributed by atoms with van der Waals surface area (Å²) in [6.07, 6.45) is 5.49. The van der Waals surface area contributed by atoms with Gasteiger partial charge in [-0.25, -0.2) is 8.42 Å². The van der Waals surface area contributed by atoms with E-state index in [1.165, 1.54) is 12.1 Å². The molecule has 1 saturated carbocycles. The summed E-state index contributed by atoms with van der Waals surface area (Å²) in [4.78, 5) is 12.9. The molecule has 1 aliphatic rings. The second-order valence-corrected chi connectivity index (χ2v) is 9.97. The Bertz CT molecular complexity index is 1250. The number of methoxy groups -OCH3 is 1. The van der Waals surface area contributed by atoms with Crippen LogP contribution < -0.4 is 14.8 Å². The first kappa shape index (κ1) is 21.9. The molecule has 1 aromatic heterocycles. The van der Waals surface area contributed by atoms with E-state index in [0.29, 0.717) is 30.2 Å². The maximum absolute atomic E-state index is 12.7. The summed E-state index contributed by atoms with van der Waals surface area (Å²) in [5, 5.41) is 6.97. The van der Waals surface area contributed by atoms with Crippen molar-refractivity contribution in [3.63, 3.8) is 0 Å². The van der Waals surface area contributed by atoms with Crippen molar-refractivity contribution in [2.75, 3.05) is 18.7 Å². The van der Waals surface area contributed by atoms with Crippen LogP contribution in [0.4, 0.5) is 5.69 Å². The van der Waals surface area contributed by atoms with Crippen molar-refractivity contribution >= 4 is 21.4 Å². The highest BCUT2D eigenvalue weighted by Gasteiger charge is 2.44. The average Bonchev–Trinajstić information content (AvgIpc) is 3.46. The van der Waals surface area contributed by atoms with Crippen LogP contribution in [0.15, 0.2) is 59.8 Å². The number of hydrogen-bond acceptors (Lipinski definition) is 6. The van der Waals surface area contributed by atoms with Crippen LogP contribution in [-0.2, 0) is 28.3 Å². The number of hydrogen-bond donors (Lipinski definition) is 1. The number of nitrogens with one attached hydrogen (secondary N) is 1. The lowest BCUT2D eigenvalue weighted by Crippen LogP contribution is -2.15. The first-order valence-corrected chi connectivity index (χ1v) is 12.0. The Morgan fingerprint density at radius 3 is 2.72 bits per heavy atom. The topological polar surface area (TPSA) is 99.5 Å². The van der Waals surface area contributed by atoms with Crippen molar-refractivity contribution in [3.8, 4) is 11.5 Å². The van der Waals surface area contributed by atoms with E-state index >= 15 is 0 Å². The Morgan fingerprint density at radius 1 is 1.22 bits per heavy atom. The molecule has 0 saturated heterocycles. The summed E-state index contributed by atoms with van der Waals surface area (Å²) < 4.78 is 36.6. The molecule has 1 N–H and O–H groups in total. The van der Waals surface area contributed by atoms with Gasteiger partial charge in [0.25, 0.3) is 0 Å². The zero-order chi connectivity index (χ0) is 22.9. The number of aryl methyl sites for hydroxylation is 1. The van der Waals surface area contributed by atoms with Crippen LogP contribution in [-0.4, -0.2) is 37.5 Å². The number of carbonyl (C=O) groups is 1. The molecular formula is C23H25N3O5S. The Hall–Kier alpha value is -3.33. The highest BCUT2D eigenvalue weighted by molar-refractivity contribution is 7.90. The van der Waals surface area contributed by atoms with E-state index in [1.807, 2.05) is 31.4 Å². The van der Waals surface area contributed by atoms with Crippen molar-refractivity contribution < 1.29 is 22.7 Å². The van der Waals surface area contributed by atoms with E-state index in [9.17, 15) is 13.2 Å². The molecule has 3 aromatic rings. The lowest BCUT2D eigenvalue weighted by molar-refractivity contribution is -0.117. The summed E-state index contributed by atoms with van der Waals surface area (Å²) in [6, 6.07) is 12.0. The molecule has 2 unspecified atom stereocenters. The van der Waals surface area contributed by atoms with Crippen LogP contribution in [0.25, 0.3) is 0 Å². The number of anilines is 1. The summed E-state index contributed by atoms with van der Waals surface area (Å²) in [6.45, 7) is 0.360. The summed E-state index contributed by atoms with van der Waals surface area (Å²) in [7, 11) is 0.0974. The lowest BCUT2D eigenvalue weighted by atomic mass is 10.1. The van der Waals surface area contributed by atoms with Crippen molar-refractivity contribution in [2.45, 2.75) is 23.8 Å². The zero-order valence-electron chi connectivity index (χ0n) is 18.1.